The van der Waals surface area contributed by atoms with Gasteiger partial charge in [-0.25, -0.2) is 4.98 Å². The molecule has 0 atom stereocenters. The molecule has 0 saturated carbocycles. The van der Waals surface area contributed by atoms with Gasteiger partial charge in [-0.15, -0.1) is 0 Å². The van der Waals surface area contributed by atoms with Crippen LogP contribution in [0.15, 0.2) is 87.8 Å². The fraction of sp³-hybridized carbons (Fsp3) is 0.0385. The van der Waals surface area contributed by atoms with E-state index in [1.165, 1.54) is 0 Å². The summed E-state index contributed by atoms with van der Waals surface area (Å²) in [7, 11) is 1.61. The average molecular weight is 532 g/mol. The number of oxazole rings is 1. The first kappa shape index (κ1) is 22.1. The van der Waals surface area contributed by atoms with E-state index in [4.69, 9.17) is 21.4 Å². The number of nitrogens with zero attached hydrogens (tertiary/aromatic N) is 1. The Bertz CT molecular complexity index is 1550. The first-order valence-electron chi connectivity index (χ1n) is 10.4. The molecule has 8 heteroatoms. The first-order valence-corrected chi connectivity index (χ1v) is 11.6. The number of hydrogen-bond acceptors (Lipinski definition) is 5. The molecule has 1 aromatic heterocycles. The number of hydrogen-bond donors (Lipinski definition) is 2. The number of carbonyl (C=O) groups excluding carboxylic acids is 1. The van der Waals surface area contributed by atoms with Crippen molar-refractivity contribution in [2.45, 2.75) is 0 Å². The lowest BCUT2D eigenvalue weighted by molar-refractivity contribution is 0.0979. The molecule has 0 radical (unpaired) electrons. The number of aromatic nitrogens is 1. The summed E-state index contributed by atoms with van der Waals surface area (Å²) in [6, 6.07) is 24.3. The molecular weight excluding hydrogens is 514 g/mol. The van der Waals surface area contributed by atoms with Crippen LogP contribution >= 0.6 is 28.1 Å². The van der Waals surface area contributed by atoms with Crippen LogP contribution in [0.2, 0.25) is 0 Å². The Kier molecular flexibility index (Phi) is 6.00. The zero-order valence-corrected chi connectivity index (χ0v) is 20.4. The fourth-order valence-corrected chi connectivity index (χ4v) is 4.37. The van der Waals surface area contributed by atoms with Crippen LogP contribution in [0.5, 0.6) is 5.75 Å². The van der Waals surface area contributed by atoms with Crippen molar-refractivity contribution in [1.82, 2.24) is 10.3 Å². The molecule has 0 saturated heterocycles. The van der Waals surface area contributed by atoms with Gasteiger partial charge in [-0.3, -0.25) is 10.1 Å². The molecule has 0 aliphatic heterocycles. The number of thiocarbonyl (C=S) groups is 1. The topological polar surface area (TPSA) is 76.4 Å². The lowest BCUT2D eigenvalue weighted by Gasteiger charge is -2.11. The first-order chi connectivity index (χ1) is 16.5. The Morgan fingerprint density at radius 3 is 2.56 bits per heavy atom. The van der Waals surface area contributed by atoms with Crippen LogP contribution in [0.25, 0.3) is 33.3 Å². The zero-order valence-electron chi connectivity index (χ0n) is 18.0. The molecule has 0 spiro atoms. The summed E-state index contributed by atoms with van der Waals surface area (Å²) in [5.74, 6) is 0.950. The van der Waals surface area contributed by atoms with Gasteiger partial charge in [0.2, 0.25) is 5.89 Å². The van der Waals surface area contributed by atoms with E-state index in [1.54, 1.807) is 13.2 Å². The summed E-state index contributed by atoms with van der Waals surface area (Å²) in [5, 5.41) is 7.81. The van der Waals surface area contributed by atoms with E-state index >= 15 is 0 Å². The van der Waals surface area contributed by atoms with E-state index in [2.05, 4.69) is 31.5 Å². The van der Waals surface area contributed by atoms with E-state index in [9.17, 15) is 4.79 Å². The van der Waals surface area contributed by atoms with Gasteiger partial charge in [0.15, 0.2) is 10.7 Å². The van der Waals surface area contributed by atoms with E-state index < -0.39 is 0 Å². The minimum absolute atomic E-state index is 0.207. The largest absolute Gasteiger partial charge is 0.497 e. The minimum Gasteiger partial charge on any atom is -0.497 e. The van der Waals surface area contributed by atoms with Crippen LogP contribution in [0, 0.1) is 0 Å². The summed E-state index contributed by atoms with van der Waals surface area (Å²) >= 11 is 8.89. The molecule has 4 aromatic carbocycles. The molecule has 168 valence electrons. The number of benzene rings is 4. The number of ether oxygens (including phenoxy) is 1. The zero-order chi connectivity index (χ0) is 23.7. The number of rotatable bonds is 4. The lowest BCUT2D eigenvalue weighted by atomic mass is 10.0. The molecule has 0 aliphatic rings. The van der Waals surface area contributed by atoms with Crippen LogP contribution in [-0.4, -0.2) is 23.1 Å². The van der Waals surface area contributed by atoms with Crippen molar-refractivity contribution in [2.24, 2.45) is 0 Å². The van der Waals surface area contributed by atoms with Gasteiger partial charge >= 0.3 is 0 Å². The molecule has 0 bridgehead atoms. The number of carbonyl (C=O) groups is 1. The van der Waals surface area contributed by atoms with E-state index in [-0.39, 0.29) is 11.0 Å². The molecule has 0 fully saturated rings. The highest BCUT2D eigenvalue weighted by atomic mass is 79.9. The van der Waals surface area contributed by atoms with Crippen molar-refractivity contribution < 1.29 is 13.9 Å². The Hall–Kier alpha value is -3.75. The maximum absolute atomic E-state index is 12.9. The Morgan fingerprint density at radius 2 is 1.76 bits per heavy atom. The molecule has 0 unspecified atom stereocenters. The SMILES string of the molecule is COc1ccc2oc(-c3ccc(NC(=S)NC(=O)c4cccc5c(Br)cccc45)cc3)nc2c1. The maximum Gasteiger partial charge on any atom is 0.258 e. The normalized spacial score (nSPS) is 10.9. The lowest BCUT2D eigenvalue weighted by Crippen LogP contribution is -2.34. The number of methoxy groups -OCH3 is 1. The molecule has 34 heavy (non-hydrogen) atoms. The van der Waals surface area contributed by atoms with Crippen molar-refractivity contribution in [3.63, 3.8) is 0 Å². The average Bonchev–Trinajstić information content (AvgIpc) is 3.27. The molecule has 5 rings (SSSR count). The van der Waals surface area contributed by atoms with Crippen LogP contribution in [0.4, 0.5) is 5.69 Å². The molecule has 1 amide bonds. The second-order valence-electron chi connectivity index (χ2n) is 7.48. The third-order valence-corrected chi connectivity index (χ3v) is 6.22. The van der Waals surface area contributed by atoms with Crippen LogP contribution < -0.4 is 15.4 Å². The monoisotopic (exact) mass is 531 g/mol. The summed E-state index contributed by atoms with van der Waals surface area (Å²) in [6.07, 6.45) is 0. The van der Waals surface area contributed by atoms with Crippen molar-refractivity contribution in [3.05, 3.63) is 88.9 Å². The van der Waals surface area contributed by atoms with Gasteiger partial charge in [0.05, 0.1) is 7.11 Å². The van der Waals surface area contributed by atoms with Gasteiger partial charge < -0.3 is 14.5 Å². The van der Waals surface area contributed by atoms with Crippen LogP contribution in [0.1, 0.15) is 10.4 Å². The highest BCUT2D eigenvalue weighted by molar-refractivity contribution is 9.10. The summed E-state index contributed by atoms with van der Waals surface area (Å²) in [6.45, 7) is 0. The number of halogens is 1. The highest BCUT2D eigenvalue weighted by Crippen LogP contribution is 2.28. The van der Waals surface area contributed by atoms with Gasteiger partial charge in [0, 0.05) is 27.4 Å². The van der Waals surface area contributed by atoms with E-state index in [0.717, 1.165) is 37.8 Å². The number of anilines is 1. The molecule has 5 aromatic rings. The van der Waals surface area contributed by atoms with E-state index in [1.807, 2.05) is 72.8 Å². The third-order valence-electron chi connectivity index (χ3n) is 5.33. The fourth-order valence-electron chi connectivity index (χ4n) is 3.66. The predicted octanol–water partition coefficient (Wildman–Crippen LogP) is 6.55. The van der Waals surface area contributed by atoms with Crippen molar-refractivity contribution >= 4 is 66.7 Å². The molecule has 1 heterocycles. The van der Waals surface area contributed by atoms with Crippen molar-refractivity contribution in [2.75, 3.05) is 12.4 Å². The van der Waals surface area contributed by atoms with Crippen molar-refractivity contribution in [3.8, 4) is 17.2 Å². The number of amides is 1. The molecule has 0 aliphatic carbocycles. The van der Waals surface area contributed by atoms with Gasteiger partial charge in [-0.05, 0) is 71.5 Å². The Morgan fingerprint density at radius 1 is 1.00 bits per heavy atom. The molecule has 6 nitrogen and oxygen atoms in total. The van der Waals surface area contributed by atoms with Gasteiger partial charge in [0.25, 0.3) is 5.91 Å². The Labute approximate surface area is 209 Å². The second kappa shape index (κ2) is 9.24. The van der Waals surface area contributed by atoms with Gasteiger partial charge in [0.1, 0.15) is 11.3 Å². The minimum atomic E-state index is -0.278. The quantitative estimate of drug-likeness (QED) is 0.256. The maximum atomic E-state index is 12.9. The van der Waals surface area contributed by atoms with Crippen molar-refractivity contribution in [1.29, 1.82) is 0 Å². The van der Waals surface area contributed by atoms with Gasteiger partial charge in [-0.1, -0.05) is 40.2 Å². The predicted molar refractivity (Wildman–Crippen MR) is 141 cm³/mol. The number of nitrogens with one attached hydrogen (secondary N) is 2. The summed E-state index contributed by atoms with van der Waals surface area (Å²) in [5.41, 5.74) is 3.50. The molecular formula is C26H18BrN3O3S. The van der Waals surface area contributed by atoms with E-state index in [0.29, 0.717) is 17.0 Å². The third kappa shape index (κ3) is 4.37. The standard InChI is InChI=1S/C26H18BrN3O3S/c1-32-17-12-13-23-22(14-17)29-25(33-23)15-8-10-16(11-9-15)28-26(34)30-24(31)20-6-2-5-19-18(20)4-3-7-21(19)27/h2-14H,1H3,(H2,28,30,31,34). The Balaban J connectivity index is 1.29. The van der Waals surface area contributed by atoms with Gasteiger partial charge in [-0.2, -0.15) is 0 Å². The highest BCUT2D eigenvalue weighted by Gasteiger charge is 2.13. The molecule has 2 N–H and O–H groups in total. The number of fused-ring (bicyclic) bond motifs is 2. The smallest absolute Gasteiger partial charge is 0.258 e. The van der Waals surface area contributed by atoms with Crippen LogP contribution in [0.3, 0.4) is 0 Å². The second-order valence-corrected chi connectivity index (χ2v) is 8.74. The summed E-state index contributed by atoms with van der Waals surface area (Å²) in [4.78, 5) is 17.4. The van der Waals surface area contributed by atoms with Crippen LogP contribution in [-0.2, 0) is 0 Å². The summed E-state index contributed by atoms with van der Waals surface area (Å²) < 4.78 is 12.0.